The summed E-state index contributed by atoms with van der Waals surface area (Å²) in [5, 5.41) is 17.7. The normalized spacial score (nSPS) is 20.2. The number of pyridine rings is 1. The maximum absolute atomic E-state index is 11.2. The average molecular weight is 292 g/mol. The third-order valence-electron chi connectivity index (χ3n) is 4.19. The zero-order valence-corrected chi connectivity index (χ0v) is 13.0. The van der Waals surface area contributed by atoms with E-state index >= 15 is 0 Å². The van der Waals surface area contributed by atoms with Crippen LogP contribution in [0.2, 0.25) is 0 Å². The maximum atomic E-state index is 11.2. The lowest BCUT2D eigenvalue weighted by Gasteiger charge is -2.28. The molecule has 0 spiro atoms. The molecule has 1 aromatic rings. The van der Waals surface area contributed by atoms with Gasteiger partial charge in [-0.25, -0.2) is 4.98 Å². The molecule has 0 aliphatic heterocycles. The zero-order chi connectivity index (χ0) is 15.5. The number of nitrogens with one attached hydrogen (secondary N) is 2. The van der Waals surface area contributed by atoms with Gasteiger partial charge in [0.25, 0.3) is 0 Å². The van der Waals surface area contributed by atoms with Crippen molar-refractivity contribution in [1.29, 1.82) is 0 Å². The molecule has 0 aromatic carbocycles. The smallest absolute Gasteiger partial charge is 0.311 e. The van der Waals surface area contributed by atoms with Crippen LogP contribution in [0.1, 0.15) is 46.5 Å². The third kappa shape index (κ3) is 3.62. The Kier molecular flexibility index (Phi) is 4.65. The highest BCUT2D eigenvalue weighted by atomic mass is 16.6. The van der Waals surface area contributed by atoms with Crippen molar-refractivity contribution < 1.29 is 4.92 Å². The fourth-order valence-corrected chi connectivity index (χ4v) is 2.82. The summed E-state index contributed by atoms with van der Waals surface area (Å²) in [7, 11) is 0. The van der Waals surface area contributed by atoms with E-state index in [9.17, 15) is 10.1 Å². The highest BCUT2D eigenvalue weighted by Gasteiger charge is 2.35. The fraction of sp³-hybridized carbons (Fsp3) is 0.667. The lowest BCUT2D eigenvalue weighted by Crippen LogP contribution is -2.31. The average Bonchev–Trinajstić information content (AvgIpc) is 2.75. The highest BCUT2D eigenvalue weighted by Crippen LogP contribution is 2.40. The summed E-state index contributed by atoms with van der Waals surface area (Å²) in [6.45, 7) is 7.27. The zero-order valence-electron chi connectivity index (χ0n) is 13.0. The van der Waals surface area contributed by atoms with Crippen molar-refractivity contribution in [2.75, 3.05) is 17.2 Å². The van der Waals surface area contributed by atoms with Crippen molar-refractivity contribution in [3.05, 3.63) is 22.2 Å². The van der Waals surface area contributed by atoms with Crippen molar-refractivity contribution in [3.63, 3.8) is 0 Å². The van der Waals surface area contributed by atoms with Crippen molar-refractivity contribution in [2.45, 2.75) is 52.5 Å². The van der Waals surface area contributed by atoms with Gasteiger partial charge in [0.15, 0.2) is 0 Å². The van der Waals surface area contributed by atoms with Gasteiger partial charge in [0.1, 0.15) is 5.82 Å². The third-order valence-corrected chi connectivity index (χ3v) is 4.19. The summed E-state index contributed by atoms with van der Waals surface area (Å²) in [4.78, 5) is 15.2. The number of hydrogen-bond acceptors (Lipinski definition) is 5. The van der Waals surface area contributed by atoms with Crippen molar-refractivity contribution in [2.24, 2.45) is 5.41 Å². The molecule has 6 heteroatoms. The molecule has 6 nitrogen and oxygen atoms in total. The molecule has 0 radical (unpaired) electrons. The van der Waals surface area contributed by atoms with E-state index in [1.807, 2.05) is 0 Å². The fourth-order valence-electron chi connectivity index (χ4n) is 2.82. The van der Waals surface area contributed by atoms with Gasteiger partial charge in [-0.2, -0.15) is 0 Å². The minimum atomic E-state index is -0.374. The summed E-state index contributed by atoms with van der Waals surface area (Å²) < 4.78 is 0. The van der Waals surface area contributed by atoms with E-state index in [2.05, 4.69) is 36.4 Å². The minimum absolute atomic E-state index is 0.0414. The molecule has 1 aromatic heterocycles. The molecule has 1 unspecified atom stereocenters. The van der Waals surface area contributed by atoms with E-state index in [-0.39, 0.29) is 22.1 Å². The first-order chi connectivity index (χ1) is 9.94. The van der Waals surface area contributed by atoms with Crippen LogP contribution in [-0.4, -0.2) is 22.5 Å². The molecule has 116 valence electrons. The lowest BCUT2D eigenvalue weighted by molar-refractivity contribution is -0.384. The minimum Gasteiger partial charge on any atom is -0.370 e. The molecule has 1 heterocycles. The SMILES string of the molecule is CCCNc1ccc([N+](=O)[O-])c(NC2CCCC2(C)C)n1. The van der Waals surface area contributed by atoms with Crippen molar-refractivity contribution in [3.8, 4) is 0 Å². The Balaban J connectivity index is 2.24. The predicted octanol–water partition coefficient (Wildman–Crippen LogP) is 3.80. The quantitative estimate of drug-likeness (QED) is 0.615. The summed E-state index contributed by atoms with van der Waals surface area (Å²) >= 11 is 0. The molecule has 1 aliphatic carbocycles. The van der Waals surface area contributed by atoms with Crippen LogP contribution in [0.4, 0.5) is 17.3 Å². The van der Waals surface area contributed by atoms with Gasteiger partial charge in [-0.05, 0) is 30.7 Å². The molecule has 0 bridgehead atoms. The number of aromatic nitrogens is 1. The number of nitrogens with zero attached hydrogens (tertiary/aromatic N) is 2. The maximum Gasteiger partial charge on any atom is 0.311 e. The van der Waals surface area contributed by atoms with Gasteiger partial charge in [0, 0.05) is 18.7 Å². The number of nitro groups is 1. The van der Waals surface area contributed by atoms with Gasteiger partial charge in [-0.3, -0.25) is 10.1 Å². The summed E-state index contributed by atoms with van der Waals surface area (Å²) in [6, 6.07) is 3.42. The van der Waals surface area contributed by atoms with Crippen molar-refractivity contribution in [1.82, 2.24) is 4.98 Å². The van der Waals surface area contributed by atoms with E-state index in [0.29, 0.717) is 11.6 Å². The topological polar surface area (TPSA) is 80.1 Å². The molecule has 1 atom stereocenters. The molecule has 21 heavy (non-hydrogen) atoms. The van der Waals surface area contributed by atoms with Crippen LogP contribution in [0.5, 0.6) is 0 Å². The van der Waals surface area contributed by atoms with Crippen LogP contribution in [0.3, 0.4) is 0 Å². The van der Waals surface area contributed by atoms with Crippen LogP contribution >= 0.6 is 0 Å². The van der Waals surface area contributed by atoms with E-state index in [1.165, 1.54) is 6.07 Å². The van der Waals surface area contributed by atoms with Crippen LogP contribution in [0.25, 0.3) is 0 Å². The van der Waals surface area contributed by atoms with Gasteiger partial charge in [-0.1, -0.05) is 27.2 Å². The lowest BCUT2D eigenvalue weighted by atomic mass is 9.87. The van der Waals surface area contributed by atoms with Crippen LogP contribution in [-0.2, 0) is 0 Å². The van der Waals surface area contributed by atoms with E-state index in [4.69, 9.17) is 0 Å². The first kappa shape index (κ1) is 15.5. The standard InChI is InChI=1S/C15H24N4O2/c1-4-10-16-13-8-7-11(19(20)21)14(18-13)17-12-6-5-9-15(12,2)3/h7-8,12H,4-6,9-10H2,1-3H3,(H2,16,17,18). The molecule has 2 rings (SSSR count). The summed E-state index contributed by atoms with van der Waals surface area (Å²) in [5.41, 5.74) is 0.183. The Morgan fingerprint density at radius 1 is 1.48 bits per heavy atom. The Labute approximate surface area is 125 Å². The van der Waals surface area contributed by atoms with E-state index in [0.717, 1.165) is 32.2 Å². The monoisotopic (exact) mass is 292 g/mol. The molecule has 0 saturated heterocycles. The first-order valence-corrected chi connectivity index (χ1v) is 7.60. The van der Waals surface area contributed by atoms with Gasteiger partial charge in [0.2, 0.25) is 5.82 Å². The molecule has 1 aliphatic rings. The number of hydrogen-bond donors (Lipinski definition) is 2. The second kappa shape index (κ2) is 6.28. The summed E-state index contributed by atoms with van der Waals surface area (Å²) in [6.07, 6.45) is 4.29. The predicted molar refractivity (Wildman–Crippen MR) is 84.7 cm³/mol. The first-order valence-electron chi connectivity index (χ1n) is 7.60. The van der Waals surface area contributed by atoms with Gasteiger partial charge < -0.3 is 10.6 Å². The number of rotatable bonds is 6. The van der Waals surface area contributed by atoms with E-state index in [1.54, 1.807) is 6.07 Å². The molecular weight excluding hydrogens is 268 g/mol. The molecule has 1 saturated carbocycles. The second-order valence-electron chi connectivity index (χ2n) is 6.33. The second-order valence-corrected chi connectivity index (χ2v) is 6.33. The molecule has 0 amide bonds. The highest BCUT2D eigenvalue weighted by molar-refractivity contribution is 5.60. The number of anilines is 2. The largest absolute Gasteiger partial charge is 0.370 e. The Morgan fingerprint density at radius 3 is 2.81 bits per heavy atom. The Bertz CT molecular complexity index is 516. The van der Waals surface area contributed by atoms with Crippen molar-refractivity contribution >= 4 is 17.3 Å². The molecule has 2 N–H and O–H groups in total. The van der Waals surface area contributed by atoms with Gasteiger partial charge >= 0.3 is 5.69 Å². The van der Waals surface area contributed by atoms with Gasteiger partial charge in [-0.15, -0.1) is 0 Å². The summed E-state index contributed by atoms with van der Waals surface area (Å²) in [5.74, 6) is 1.06. The van der Waals surface area contributed by atoms with Gasteiger partial charge in [0.05, 0.1) is 4.92 Å². The van der Waals surface area contributed by atoms with E-state index < -0.39 is 0 Å². The van der Waals surface area contributed by atoms with Crippen LogP contribution in [0.15, 0.2) is 12.1 Å². The van der Waals surface area contributed by atoms with Crippen LogP contribution < -0.4 is 10.6 Å². The Hall–Kier alpha value is -1.85. The molecular formula is C15H24N4O2. The Morgan fingerprint density at radius 2 is 2.24 bits per heavy atom. The van der Waals surface area contributed by atoms with Crippen LogP contribution in [0, 0.1) is 15.5 Å². The molecule has 1 fully saturated rings.